The molecule has 0 heterocycles. The van der Waals surface area contributed by atoms with Crippen molar-refractivity contribution in [2.45, 2.75) is 5.56 Å². The number of hydrogen-bond donors (Lipinski definition) is 0. The van der Waals surface area contributed by atoms with E-state index in [1.807, 2.05) is 48.5 Å². The van der Waals surface area contributed by atoms with Crippen LogP contribution in [0.5, 0.6) is 17.2 Å². The van der Waals surface area contributed by atoms with Crippen LogP contribution < -0.4 is 9.47 Å². The Morgan fingerprint density at radius 2 is 1.53 bits per heavy atom. The van der Waals surface area contributed by atoms with E-state index in [2.05, 4.69) is 0 Å². The van der Waals surface area contributed by atoms with Crippen LogP contribution in [-0.4, -0.2) is 5.56 Å². The Labute approximate surface area is 122 Å². The van der Waals surface area contributed by atoms with Crippen molar-refractivity contribution < 1.29 is 9.47 Å². The quantitative estimate of drug-likeness (QED) is 0.708. The van der Waals surface area contributed by atoms with Gasteiger partial charge in [-0.2, -0.15) is 0 Å². The molecule has 1 atom stereocenters. The molecule has 2 nitrogen and oxygen atoms in total. The van der Waals surface area contributed by atoms with Crippen molar-refractivity contribution in [3.8, 4) is 17.2 Å². The van der Waals surface area contributed by atoms with E-state index < -0.39 is 5.56 Å². The number of halogens is 2. The number of rotatable bonds is 5. The zero-order valence-electron chi connectivity index (χ0n) is 10.0. The lowest BCUT2D eigenvalue weighted by molar-refractivity contribution is 0.309. The summed E-state index contributed by atoms with van der Waals surface area (Å²) < 4.78 is 11.3. The summed E-state index contributed by atoms with van der Waals surface area (Å²) in [5.74, 6) is 1.89. The summed E-state index contributed by atoms with van der Waals surface area (Å²) in [4.78, 5) is 0. The fourth-order valence-electron chi connectivity index (χ4n) is 1.47. The molecule has 0 N–H and O–H groups in total. The lowest BCUT2D eigenvalue weighted by atomic mass is 10.3. The molecule has 0 amide bonds. The molecule has 1 unspecified atom stereocenters. The summed E-state index contributed by atoms with van der Waals surface area (Å²) in [6, 6.07) is 16.8. The third-order valence-electron chi connectivity index (χ3n) is 2.28. The minimum Gasteiger partial charge on any atom is -0.467 e. The van der Waals surface area contributed by atoms with Gasteiger partial charge in [0.05, 0.1) is 0 Å². The molecule has 0 aliphatic carbocycles. The van der Waals surface area contributed by atoms with Crippen molar-refractivity contribution in [1.82, 2.24) is 0 Å². The molecule has 2 rings (SSSR count). The van der Waals surface area contributed by atoms with E-state index in [-0.39, 0.29) is 0 Å². The van der Waals surface area contributed by atoms with Crippen molar-refractivity contribution in [3.05, 3.63) is 66.2 Å². The van der Waals surface area contributed by atoms with Gasteiger partial charge in [-0.25, -0.2) is 0 Å². The van der Waals surface area contributed by atoms with E-state index in [4.69, 9.17) is 32.7 Å². The smallest absolute Gasteiger partial charge is 0.192 e. The Bertz CT molecular complexity index is 541. The summed E-state index contributed by atoms with van der Waals surface area (Å²) in [7, 11) is 0. The highest BCUT2D eigenvalue weighted by molar-refractivity contribution is 6.27. The van der Waals surface area contributed by atoms with Crippen molar-refractivity contribution in [2.24, 2.45) is 0 Å². The minimum absolute atomic E-state index is 0.557. The molecule has 0 aromatic heterocycles. The third-order valence-corrected chi connectivity index (χ3v) is 2.66. The standard InChI is InChI=1S/C15H12Cl2O2/c16-11-10-15(17)19-14-9-5-4-8-13(14)18-12-6-2-1-3-7-12/h1-11,15H. The molecule has 2 aromatic carbocycles. The van der Waals surface area contributed by atoms with Gasteiger partial charge in [0, 0.05) is 5.54 Å². The number of alkyl halides is 1. The van der Waals surface area contributed by atoms with Gasteiger partial charge in [-0.15, -0.1) is 0 Å². The van der Waals surface area contributed by atoms with Crippen LogP contribution in [0.3, 0.4) is 0 Å². The second-order valence-electron chi connectivity index (χ2n) is 3.65. The van der Waals surface area contributed by atoms with E-state index in [9.17, 15) is 0 Å². The van der Waals surface area contributed by atoms with Crippen LogP contribution in [0.2, 0.25) is 0 Å². The zero-order chi connectivity index (χ0) is 13.5. The molecular formula is C15H12Cl2O2. The van der Waals surface area contributed by atoms with Gasteiger partial charge < -0.3 is 9.47 Å². The van der Waals surface area contributed by atoms with E-state index in [0.29, 0.717) is 11.5 Å². The average molecular weight is 295 g/mol. The molecule has 0 radical (unpaired) electrons. The normalized spacial score (nSPS) is 12.3. The summed E-state index contributed by atoms with van der Waals surface area (Å²) in [6.07, 6.45) is 1.53. The summed E-state index contributed by atoms with van der Waals surface area (Å²) >= 11 is 11.4. The predicted molar refractivity (Wildman–Crippen MR) is 78.2 cm³/mol. The third kappa shape index (κ3) is 4.19. The monoisotopic (exact) mass is 294 g/mol. The van der Waals surface area contributed by atoms with Crippen LogP contribution >= 0.6 is 23.2 Å². The Balaban J connectivity index is 2.16. The number of para-hydroxylation sites is 3. The van der Waals surface area contributed by atoms with Gasteiger partial charge >= 0.3 is 0 Å². The first kappa shape index (κ1) is 13.8. The van der Waals surface area contributed by atoms with E-state index >= 15 is 0 Å². The predicted octanol–water partition coefficient (Wildman–Crippen LogP) is 5.18. The number of hydrogen-bond acceptors (Lipinski definition) is 2. The highest BCUT2D eigenvalue weighted by Crippen LogP contribution is 2.32. The Kier molecular flexibility index (Phi) is 5.13. The van der Waals surface area contributed by atoms with Crippen molar-refractivity contribution in [1.29, 1.82) is 0 Å². The molecule has 19 heavy (non-hydrogen) atoms. The van der Waals surface area contributed by atoms with Crippen molar-refractivity contribution in [3.63, 3.8) is 0 Å². The van der Waals surface area contributed by atoms with Crippen LogP contribution in [0.25, 0.3) is 0 Å². The highest BCUT2D eigenvalue weighted by atomic mass is 35.5. The van der Waals surface area contributed by atoms with Gasteiger partial charge in [-0.05, 0) is 30.3 Å². The second kappa shape index (κ2) is 7.07. The molecule has 4 heteroatoms. The van der Waals surface area contributed by atoms with Gasteiger partial charge in [0.1, 0.15) is 5.75 Å². The number of ether oxygens (including phenoxy) is 2. The maximum Gasteiger partial charge on any atom is 0.192 e. The van der Waals surface area contributed by atoms with Crippen LogP contribution in [0.4, 0.5) is 0 Å². The fourth-order valence-corrected chi connectivity index (χ4v) is 1.84. The van der Waals surface area contributed by atoms with Gasteiger partial charge in [-0.3, -0.25) is 0 Å². The maximum atomic E-state index is 5.94. The molecular weight excluding hydrogens is 283 g/mol. The first-order valence-electron chi connectivity index (χ1n) is 5.69. The Morgan fingerprint density at radius 3 is 2.21 bits per heavy atom. The second-order valence-corrected chi connectivity index (χ2v) is 4.33. The van der Waals surface area contributed by atoms with Gasteiger partial charge in [0.2, 0.25) is 0 Å². The molecule has 98 valence electrons. The molecule has 2 aromatic rings. The Hall–Kier alpha value is -1.64. The number of benzene rings is 2. The largest absolute Gasteiger partial charge is 0.467 e. The zero-order valence-corrected chi connectivity index (χ0v) is 11.5. The fraction of sp³-hybridized carbons (Fsp3) is 0.0667. The highest BCUT2D eigenvalue weighted by Gasteiger charge is 2.08. The molecule has 0 saturated heterocycles. The maximum absolute atomic E-state index is 5.94. The topological polar surface area (TPSA) is 18.5 Å². The first-order valence-corrected chi connectivity index (χ1v) is 6.56. The molecule has 0 bridgehead atoms. The van der Waals surface area contributed by atoms with E-state index in [1.54, 1.807) is 6.07 Å². The van der Waals surface area contributed by atoms with E-state index in [0.717, 1.165) is 5.75 Å². The molecule has 0 aliphatic rings. The van der Waals surface area contributed by atoms with Gasteiger partial charge in [0.15, 0.2) is 17.1 Å². The van der Waals surface area contributed by atoms with Gasteiger partial charge in [-0.1, -0.05) is 53.5 Å². The lowest BCUT2D eigenvalue weighted by Gasteiger charge is -2.13. The van der Waals surface area contributed by atoms with Crippen LogP contribution in [0.1, 0.15) is 0 Å². The summed E-state index contributed by atoms with van der Waals surface area (Å²) in [5.41, 5.74) is 0.677. The average Bonchev–Trinajstić information content (AvgIpc) is 2.42. The SMILES string of the molecule is ClC=CC(Cl)Oc1ccccc1Oc1ccccc1. The van der Waals surface area contributed by atoms with Crippen LogP contribution in [0.15, 0.2) is 66.2 Å². The molecule has 0 saturated carbocycles. The summed E-state index contributed by atoms with van der Waals surface area (Å²) in [6.45, 7) is 0. The lowest BCUT2D eigenvalue weighted by Crippen LogP contribution is -2.05. The van der Waals surface area contributed by atoms with Crippen molar-refractivity contribution >= 4 is 23.2 Å². The molecule has 0 fully saturated rings. The Morgan fingerprint density at radius 1 is 0.895 bits per heavy atom. The molecule has 0 aliphatic heterocycles. The van der Waals surface area contributed by atoms with Gasteiger partial charge in [0.25, 0.3) is 0 Å². The van der Waals surface area contributed by atoms with Crippen LogP contribution in [0, 0.1) is 0 Å². The van der Waals surface area contributed by atoms with Crippen molar-refractivity contribution in [2.75, 3.05) is 0 Å². The summed E-state index contributed by atoms with van der Waals surface area (Å²) in [5, 5.41) is 0. The van der Waals surface area contributed by atoms with Crippen LogP contribution in [-0.2, 0) is 0 Å². The minimum atomic E-state index is -0.641. The molecule has 0 spiro atoms. The first-order chi connectivity index (χ1) is 9.29. The van der Waals surface area contributed by atoms with E-state index in [1.165, 1.54) is 11.6 Å².